The molecule has 1 aromatic rings. The molecular formula is C16H26N4O4S. The van der Waals surface area contributed by atoms with Gasteiger partial charge in [0.05, 0.1) is 4.90 Å². The van der Waals surface area contributed by atoms with Gasteiger partial charge in [0.1, 0.15) is 0 Å². The average molecular weight is 370 g/mol. The summed E-state index contributed by atoms with van der Waals surface area (Å²) in [5, 5.41) is 5.12. The maximum Gasteiger partial charge on any atom is 0.312 e. The van der Waals surface area contributed by atoms with Gasteiger partial charge in [-0.05, 0) is 51.8 Å². The van der Waals surface area contributed by atoms with Gasteiger partial charge in [0.2, 0.25) is 15.9 Å². The fourth-order valence-electron chi connectivity index (χ4n) is 2.05. The van der Waals surface area contributed by atoms with Crippen LogP contribution in [0.2, 0.25) is 0 Å². The first-order chi connectivity index (χ1) is 11.5. The second-order valence-electron chi connectivity index (χ2n) is 6.68. The highest BCUT2D eigenvalue weighted by Crippen LogP contribution is 2.17. The van der Waals surface area contributed by atoms with Crippen molar-refractivity contribution in [1.82, 2.24) is 10.0 Å². The van der Waals surface area contributed by atoms with Crippen LogP contribution in [-0.4, -0.2) is 32.4 Å². The van der Waals surface area contributed by atoms with Crippen LogP contribution < -0.4 is 21.1 Å². The van der Waals surface area contributed by atoms with E-state index in [4.69, 9.17) is 5.73 Å². The Morgan fingerprint density at radius 2 is 1.84 bits per heavy atom. The van der Waals surface area contributed by atoms with Gasteiger partial charge in [-0.25, -0.2) is 17.9 Å². The Morgan fingerprint density at radius 3 is 2.44 bits per heavy atom. The molecule has 0 aliphatic heterocycles. The number of nitrogens with one attached hydrogen (secondary N) is 3. The van der Waals surface area contributed by atoms with Crippen LogP contribution in [0.1, 0.15) is 40.0 Å². The van der Waals surface area contributed by atoms with E-state index < -0.39 is 21.6 Å². The Kier molecular flexibility index (Phi) is 7.38. The van der Waals surface area contributed by atoms with Crippen molar-refractivity contribution in [2.45, 2.75) is 50.5 Å². The van der Waals surface area contributed by atoms with Gasteiger partial charge < -0.3 is 16.4 Å². The zero-order chi connectivity index (χ0) is 19.1. The van der Waals surface area contributed by atoms with Crippen molar-refractivity contribution in [3.63, 3.8) is 0 Å². The van der Waals surface area contributed by atoms with Crippen molar-refractivity contribution < 1.29 is 18.0 Å². The zero-order valence-electron chi connectivity index (χ0n) is 14.8. The minimum absolute atomic E-state index is 0.0888. The number of anilines is 1. The molecule has 0 saturated heterocycles. The highest BCUT2D eigenvalue weighted by atomic mass is 32.2. The number of amides is 3. The summed E-state index contributed by atoms with van der Waals surface area (Å²) in [7, 11) is -3.66. The fourth-order valence-corrected chi connectivity index (χ4v) is 3.51. The predicted molar refractivity (Wildman–Crippen MR) is 96.6 cm³/mol. The van der Waals surface area contributed by atoms with Gasteiger partial charge in [-0.3, -0.25) is 4.79 Å². The normalized spacial score (nSPS) is 11.8. The Hall–Kier alpha value is -2.13. The smallest absolute Gasteiger partial charge is 0.312 e. The third kappa shape index (κ3) is 8.50. The maximum absolute atomic E-state index is 12.3. The minimum atomic E-state index is -3.66. The Labute approximate surface area is 148 Å². The van der Waals surface area contributed by atoms with Crippen molar-refractivity contribution in [3.8, 4) is 0 Å². The van der Waals surface area contributed by atoms with Crippen molar-refractivity contribution in [2.24, 2.45) is 5.73 Å². The van der Waals surface area contributed by atoms with Crippen LogP contribution >= 0.6 is 0 Å². The van der Waals surface area contributed by atoms with Crippen LogP contribution in [0.25, 0.3) is 0 Å². The number of nitrogens with two attached hydrogens (primary N) is 1. The molecule has 25 heavy (non-hydrogen) atoms. The molecule has 0 radical (unpaired) electrons. The molecule has 0 unspecified atom stereocenters. The van der Waals surface area contributed by atoms with E-state index in [0.717, 1.165) is 0 Å². The Balaban J connectivity index is 2.60. The number of benzene rings is 1. The third-order valence-corrected chi connectivity index (χ3v) is 4.75. The first-order valence-corrected chi connectivity index (χ1v) is 9.45. The number of carbonyl (C=O) groups is 2. The summed E-state index contributed by atoms with van der Waals surface area (Å²) in [5.74, 6) is -0.225. The quantitative estimate of drug-likeness (QED) is 0.517. The van der Waals surface area contributed by atoms with E-state index in [1.54, 1.807) is 32.9 Å². The van der Waals surface area contributed by atoms with E-state index in [9.17, 15) is 18.0 Å². The van der Waals surface area contributed by atoms with Crippen molar-refractivity contribution in [3.05, 3.63) is 24.3 Å². The lowest BCUT2D eigenvalue weighted by Gasteiger charge is -2.20. The monoisotopic (exact) mass is 370 g/mol. The van der Waals surface area contributed by atoms with E-state index >= 15 is 0 Å². The number of rotatable bonds is 8. The van der Waals surface area contributed by atoms with Crippen molar-refractivity contribution in [1.29, 1.82) is 0 Å². The molecule has 140 valence electrons. The van der Waals surface area contributed by atoms with Crippen molar-refractivity contribution >= 4 is 27.6 Å². The van der Waals surface area contributed by atoms with Gasteiger partial charge >= 0.3 is 6.03 Å². The number of sulfonamides is 1. The summed E-state index contributed by atoms with van der Waals surface area (Å²) >= 11 is 0. The molecule has 1 aromatic carbocycles. The van der Waals surface area contributed by atoms with Gasteiger partial charge in [-0.2, -0.15) is 0 Å². The number of unbranched alkanes of at least 4 members (excludes halogenated alkanes) is 1. The molecule has 0 aromatic heterocycles. The molecule has 0 aliphatic rings. The highest BCUT2D eigenvalue weighted by molar-refractivity contribution is 7.89. The number of carbonyl (C=O) groups excluding carboxylic acids is 2. The molecule has 9 heteroatoms. The molecule has 0 spiro atoms. The van der Waals surface area contributed by atoms with Gasteiger partial charge in [0.15, 0.2) is 0 Å². The third-order valence-electron chi connectivity index (χ3n) is 3.00. The van der Waals surface area contributed by atoms with E-state index in [2.05, 4.69) is 15.4 Å². The summed E-state index contributed by atoms with van der Waals surface area (Å²) in [6, 6.07) is 5.50. The second kappa shape index (κ2) is 8.82. The Morgan fingerprint density at radius 1 is 1.16 bits per heavy atom. The SMILES string of the molecule is CC(C)(C)NS(=O)(=O)c1cccc(NC(=O)CCCCNC(N)=O)c1. The lowest BCUT2D eigenvalue weighted by Crippen LogP contribution is -2.40. The lowest BCUT2D eigenvalue weighted by molar-refractivity contribution is -0.116. The number of primary amides is 1. The first-order valence-electron chi connectivity index (χ1n) is 7.97. The maximum atomic E-state index is 12.3. The molecule has 3 amide bonds. The van der Waals surface area contributed by atoms with Crippen LogP contribution in [0.15, 0.2) is 29.2 Å². The van der Waals surface area contributed by atoms with E-state index in [0.29, 0.717) is 25.1 Å². The average Bonchev–Trinajstić information content (AvgIpc) is 2.44. The van der Waals surface area contributed by atoms with Gasteiger partial charge in [0, 0.05) is 24.2 Å². The van der Waals surface area contributed by atoms with E-state index in [-0.39, 0.29) is 17.2 Å². The Bertz CT molecular complexity index is 711. The molecule has 0 heterocycles. The molecule has 5 N–H and O–H groups in total. The summed E-state index contributed by atoms with van der Waals surface area (Å²) in [5.41, 5.74) is 4.75. The summed E-state index contributed by atoms with van der Waals surface area (Å²) in [6.45, 7) is 5.67. The van der Waals surface area contributed by atoms with Crippen LogP contribution in [0.5, 0.6) is 0 Å². The molecule has 0 aliphatic carbocycles. The highest BCUT2D eigenvalue weighted by Gasteiger charge is 2.22. The second-order valence-corrected chi connectivity index (χ2v) is 8.36. The van der Waals surface area contributed by atoms with Crippen LogP contribution in [0.4, 0.5) is 10.5 Å². The van der Waals surface area contributed by atoms with Crippen molar-refractivity contribution in [2.75, 3.05) is 11.9 Å². The molecule has 0 saturated carbocycles. The largest absolute Gasteiger partial charge is 0.352 e. The summed E-state index contributed by atoms with van der Waals surface area (Å²) in [4.78, 5) is 22.5. The predicted octanol–water partition coefficient (Wildman–Crippen LogP) is 1.54. The zero-order valence-corrected chi connectivity index (χ0v) is 15.6. The van der Waals surface area contributed by atoms with E-state index in [1.807, 2.05) is 0 Å². The van der Waals surface area contributed by atoms with Gasteiger partial charge in [-0.15, -0.1) is 0 Å². The van der Waals surface area contributed by atoms with Crippen LogP contribution in [0, 0.1) is 0 Å². The molecular weight excluding hydrogens is 344 g/mol. The van der Waals surface area contributed by atoms with Crippen LogP contribution in [-0.2, 0) is 14.8 Å². The molecule has 0 bridgehead atoms. The van der Waals surface area contributed by atoms with Gasteiger partial charge in [-0.1, -0.05) is 6.07 Å². The standard InChI is InChI=1S/C16H26N4O4S/c1-16(2,3)20-25(23,24)13-8-6-7-12(11-13)19-14(21)9-4-5-10-18-15(17)22/h6-8,11,20H,4-5,9-10H2,1-3H3,(H,19,21)(H3,17,18,22). The number of hydrogen-bond acceptors (Lipinski definition) is 4. The molecule has 1 rings (SSSR count). The summed E-state index contributed by atoms with van der Waals surface area (Å²) < 4.78 is 27.2. The number of urea groups is 1. The van der Waals surface area contributed by atoms with Crippen LogP contribution in [0.3, 0.4) is 0 Å². The van der Waals surface area contributed by atoms with Gasteiger partial charge in [0.25, 0.3) is 0 Å². The summed E-state index contributed by atoms with van der Waals surface area (Å²) in [6.07, 6.45) is 1.47. The first kappa shape index (κ1) is 20.9. The molecule has 0 fully saturated rings. The topological polar surface area (TPSA) is 130 Å². The lowest BCUT2D eigenvalue weighted by atomic mass is 10.1. The van der Waals surface area contributed by atoms with E-state index in [1.165, 1.54) is 12.1 Å². The fraction of sp³-hybridized carbons (Fsp3) is 0.500. The number of hydrogen-bond donors (Lipinski definition) is 4. The molecule has 0 atom stereocenters. The minimum Gasteiger partial charge on any atom is -0.352 e. The molecule has 8 nitrogen and oxygen atoms in total.